The molecule has 1 heterocycles. The third-order valence-electron chi connectivity index (χ3n) is 2.65. The lowest BCUT2D eigenvalue weighted by Crippen LogP contribution is -1.77. The van der Waals surface area contributed by atoms with Crippen molar-refractivity contribution in [1.82, 2.24) is 0 Å². The van der Waals surface area contributed by atoms with Crippen molar-refractivity contribution in [3.63, 3.8) is 0 Å². The highest BCUT2D eigenvalue weighted by Crippen LogP contribution is 2.45. The van der Waals surface area contributed by atoms with Crippen LogP contribution in [0.1, 0.15) is 0 Å². The molecule has 0 nitrogen and oxygen atoms in total. The van der Waals surface area contributed by atoms with Gasteiger partial charge in [-0.2, -0.15) is 0 Å². The van der Waals surface area contributed by atoms with Gasteiger partial charge < -0.3 is 0 Å². The van der Waals surface area contributed by atoms with Gasteiger partial charge in [-0.15, -0.1) is 11.3 Å². The summed E-state index contributed by atoms with van der Waals surface area (Å²) in [5, 5.41) is 5.50. The number of rotatable bonds is 0. The monoisotopic (exact) mass is 180 g/mol. The van der Waals surface area contributed by atoms with Crippen LogP contribution in [0.2, 0.25) is 0 Å². The van der Waals surface area contributed by atoms with Gasteiger partial charge in [-0.05, 0) is 11.5 Å². The zero-order valence-electron chi connectivity index (χ0n) is 6.72. The number of benzene rings is 1. The predicted molar refractivity (Wildman–Crippen MR) is 56.9 cm³/mol. The molecule has 0 bridgehead atoms. The zero-order valence-corrected chi connectivity index (χ0v) is 7.53. The molecule has 1 aromatic heterocycles. The van der Waals surface area contributed by atoms with E-state index in [-0.39, 0.29) is 0 Å². The Labute approximate surface area is 79.1 Å². The van der Waals surface area contributed by atoms with Crippen molar-refractivity contribution in [3.8, 4) is 0 Å². The van der Waals surface area contributed by atoms with Gasteiger partial charge in [0.15, 0.2) is 0 Å². The zero-order chi connectivity index (χ0) is 8.41. The Kier molecular flexibility index (Phi) is 0.790. The molecule has 4 rings (SSSR count). The molecular weight excluding hydrogens is 176 g/mol. The lowest BCUT2D eigenvalue weighted by atomic mass is 9.99. The SMILES string of the molecule is c1c2sc3c4ccccc4c3c2c#1. The summed E-state index contributed by atoms with van der Waals surface area (Å²) in [7, 11) is 0. The minimum atomic E-state index is 1.28. The molecular formula is C12H4S. The van der Waals surface area contributed by atoms with E-state index in [1.54, 1.807) is 0 Å². The Bertz CT molecular complexity index is 675. The van der Waals surface area contributed by atoms with Gasteiger partial charge in [-0.1, -0.05) is 30.3 Å². The van der Waals surface area contributed by atoms with Gasteiger partial charge in [0.1, 0.15) is 0 Å². The van der Waals surface area contributed by atoms with Crippen LogP contribution in [-0.4, -0.2) is 0 Å². The molecule has 13 heavy (non-hydrogen) atoms. The van der Waals surface area contributed by atoms with Crippen LogP contribution in [-0.2, 0) is 0 Å². The third-order valence-corrected chi connectivity index (χ3v) is 3.79. The highest BCUT2D eigenvalue weighted by molar-refractivity contribution is 7.27. The number of fused-ring (bicyclic) bond motifs is 6. The standard InChI is InChI=1S/C12H4S/c1-2-4-8-7(3-1)11-9-5-6-10(9)13-12(8)11/h1-4H. The first-order chi connectivity index (χ1) is 6.45. The molecule has 0 spiro atoms. The van der Waals surface area contributed by atoms with E-state index in [2.05, 4.69) is 36.4 Å². The van der Waals surface area contributed by atoms with E-state index in [0.717, 1.165) is 0 Å². The molecule has 0 radical (unpaired) electrons. The summed E-state index contributed by atoms with van der Waals surface area (Å²) in [5.41, 5.74) is 0. The number of thiophene rings is 1. The van der Waals surface area contributed by atoms with Gasteiger partial charge in [-0.3, -0.25) is 0 Å². The van der Waals surface area contributed by atoms with Crippen LogP contribution in [0.15, 0.2) is 24.3 Å². The van der Waals surface area contributed by atoms with Crippen LogP contribution in [0.4, 0.5) is 0 Å². The molecule has 0 unspecified atom stereocenters. The Balaban J connectivity index is 2.42. The Morgan fingerprint density at radius 3 is 2.62 bits per heavy atom. The van der Waals surface area contributed by atoms with E-state index in [9.17, 15) is 0 Å². The Morgan fingerprint density at radius 2 is 1.85 bits per heavy atom. The molecule has 0 aliphatic heterocycles. The average Bonchev–Trinajstić information content (AvgIpc) is 2.33. The molecule has 3 aromatic carbocycles. The topological polar surface area (TPSA) is 0 Å². The van der Waals surface area contributed by atoms with Crippen LogP contribution >= 0.6 is 11.3 Å². The summed E-state index contributed by atoms with van der Waals surface area (Å²) in [5.74, 6) is 0. The number of hydrogen-bond donors (Lipinski definition) is 0. The first-order valence-electron chi connectivity index (χ1n) is 4.24. The van der Waals surface area contributed by atoms with E-state index >= 15 is 0 Å². The molecule has 1 heteroatoms. The summed E-state index contributed by atoms with van der Waals surface area (Å²) in [6, 6.07) is 14.8. The van der Waals surface area contributed by atoms with Gasteiger partial charge >= 0.3 is 0 Å². The predicted octanol–water partition coefficient (Wildman–Crippen LogP) is 3.68. The van der Waals surface area contributed by atoms with E-state index in [1.807, 2.05) is 11.3 Å². The van der Waals surface area contributed by atoms with Gasteiger partial charge in [-0.25, -0.2) is 0 Å². The van der Waals surface area contributed by atoms with Crippen molar-refractivity contribution in [2.75, 3.05) is 0 Å². The molecule has 0 saturated heterocycles. The van der Waals surface area contributed by atoms with E-state index in [0.29, 0.717) is 0 Å². The minimum absolute atomic E-state index is 1.28. The van der Waals surface area contributed by atoms with Gasteiger partial charge in [0.2, 0.25) is 0 Å². The fourth-order valence-electron chi connectivity index (χ4n) is 1.98. The van der Waals surface area contributed by atoms with Gasteiger partial charge in [0.05, 0.1) is 10.1 Å². The molecule has 4 aromatic rings. The van der Waals surface area contributed by atoms with Crippen LogP contribution in [0.5, 0.6) is 0 Å². The van der Waals surface area contributed by atoms with Crippen molar-refractivity contribution < 1.29 is 0 Å². The lowest BCUT2D eigenvalue weighted by molar-refractivity contribution is 1.84. The fourth-order valence-corrected chi connectivity index (χ4v) is 3.14. The van der Waals surface area contributed by atoms with Crippen LogP contribution in [0.25, 0.3) is 30.9 Å². The van der Waals surface area contributed by atoms with Crippen molar-refractivity contribution in [1.29, 1.82) is 0 Å². The molecule has 0 N–H and O–H groups in total. The number of hydrogen-bond acceptors (Lipinski definition) is 1. The molecule has 0 atom stereocenters. The van der Waals surface area contributed by atoms with Crippen molar-refractivity contribution >= 4 is 42.3 Å². The van der Waals surface area contributed by atoms with Gasteiger partial charge in [0, 0.05) is 15.5 Å². The highest BCUT2D eigenvalue weighted by Gasteiger charge is 2.16. The second kappa shape index (κ2) is 1.71. The molecule has 0 fully saturated rings. The fraction of sp³-hybridized carbons (Fsp3) is 0. The normalized spacial score (nSPS) is 12.0. The summed E-state index contributed by atoms with van der Waals surface area (Å²) in [6.07, 6.45) is 0. The van der Waals surface area contributed by atoms with E-state index in [4.69, 9.17) is 0 Å². The summed E-state index contributed by atoms with van der Waals surface area (Å²) < 4.78 is 2.71. The average molecular weight is 180 g/mol. The first-order valence-corrected chi connectivity index (χ1v) is 5.05. The largest absolute Gasteiger partial charge is 0.125 e. The van der Waals surface area contributed by atoms with Crippen molar-refractivity contribution in [3.05, 3.63) is 36.4 Å². The van der Waals surface area contributed by atoms with Crippen molar-refractivity contribution in [2.45, 2.75) is 0 Å². The van der Waals surface area contributed by atoms with Crippen LogP contribution < -0.4 is 0 Å². The Hall–Kier alpha value is -1.52. The third kappa shape index (κ3) is 0.509. The second-order valence-electron chi connectivity index (χ2n) is 3.31. The summed E-state index contributed by atoms with van der Waals surface area (Å²) in [6.45, 7) is 0. The highest BCUT2D eigenvalue weighted by atomic mass is 32.1. The van der Waals surface area contributed by atoms with E-state index < -0.39 is 0 Å². The minimum Gasteiger partial charge on any atom is -0.125 e. The molecule has 0 saturated carbocycles. The molecule has 58 valence electrons. The lowest BCUT2D eigenvalue weighted by Gasteiger charge is -2.04. The summed E-state index contributed by atoms with van der Waals surface area (Å²) >= 11 is 1.84. The van der Waals surface area contributed by atoms with Crippen LogP contribution in [0, 0.1) is 12.1 Å². The maximum absolute atomic E-state index is 3.13. The molecule has 0 aliphatic rings. The van der Waals surface area contributed by atoms with Crippen molar-refractivity contribution in [2.24, 2.45) is 0 Å². The van der Waals surface area contributed by atoms with Crippen LogP contribution in [0.3, 0.4) is 0 Å². The smallest absolute Gasteiger partial charge is 0.0941 e. The molecule has 0 aliphatic carbocycles. The maximum Gasteiger partial charge on any atom is 0.0941 e. The quantitative estimate of drug-likeness (QED) is 0.387. The van der Waals surface area contributed by atoms with E-state index in [1.165, 1.54) is 30.9 Å². The summed E-state index contributed by atoms with van der Waals surface area (Å²) in [4.78, 5) is 0. The molecule has 0 amide bonds. The first kappa shape index (κ1) is 6.01. The van der Waals surface area contributed by atoms with Gasteiger partial charge in [0.25, 0.3) is 0 Å². The maximum atomic E-state index is 3.13. The Morgan fingerprint density at radius 1 is 1.00 bits per heavy atom. The second-order valence-corrected chi connectivity index (χ2v) is 4.33.